The van der Waals surface area contributed by atoms with Crippen molar-refractivity contribution in [1.29, 1.82) is 0 Å². The summed E-state index contributed by atoms with van der Waals surface area (Å²) < 4.78 is 20.9. The van der Waals surface area contributed by atoms with Crippen molar-refractivity contribution in [3.8, 4) is 0 Å². The highest BCUT2D eigenvalue weighted by Crippen LogP contribution is 2.07. The quantitative estimate of drug-likeness (QED) is 0.422. The van der Waals surface area contributed by atoms with Crippen LogP contribution >= 0.6 is 0 Å². The second-order valence-corrected chi connectivity index (χ2v) is 6.46. The van der Waals surface area contributed by atoms with E-state index in [-0.39, 0.29) is 0 Å². The molecule has 0 aromatic carbocycles. The van der Waals surface area contributed by atoms with Gasteiger partial charge in [-0.2, -0.15) is 0 Å². The first-order chi connectivity index (χ1) is 7.24. The van der Waals surface area contributed by atoms with E-state index in [0.29, 0.717) is 18.7 Å². The molecule has 0 unspecified atom stereocenters. The van der Waals surface area contributed by atoms with E-state index in [2.05, 4.69) is 19.7 Å². The van der Waals surface area contributed by atoms with E-state index in [1.165, 1.54) is 18.8 Å². The monoisotopic (exact) mass is 230 g/mol. The summed E-state index contributed by atoms with van der Waals surface area (Å²) in [4.78, 5) is 0. The molecule has 0 fully saturated rings. The van der Waals surface area contributed by atoms with Crippen molar-refractivity contribution >= 4 is 8.32 Å². The predicted molar refractivity (Wildman–Crippen MR) is 61.2 cm³/mol. The van der Waals surface area contributed by atoms with Gasteiger partial charge >= 0.3 is 8.32 Å². The van der Waals surface area contributed by atoms with Crippen LogP contribution in [0.5, 0.6) is 0 Å². The van der Waals surface area contributed by atoms with Crippen LogP contribution in [0, 0.1) is 0 Å². The van der Waals surface area contributed by atoms with Gasteiger partial charge in [-0.15, -0.1) is 0 Å². The molecule has 5 heteroatoms. The van der Waals surface area contributed by atoms with Gasteiger partial charge in [0.2, 0.25) is 0 Å². The zero-order chi connectivity index (χ0) is 11.6. The summed E-state index contributed by atoms with van der Waals surface area (Å²) in [6.45, 7) is 10.4. The molecule has 0 bridgehead atoms. The molecule has 4 nitrogen and oxygen atoms in total. The molecular weight excluding hydrogens is 212 g/mol. The summed E-state index contributed by atoms with van der Waals surface area (Å²) in [6.07, 6.45) is 5.41. The van der Waals surface area contributed by atoms with Crippen LogP contribution in [0.15, 0.2) is 38.5 Å². The molecule has 0 aromatic rings. The van der Waals surface area contributed by atoms with Crippen molar-refractivity contribution in [2.24, 2.45) is 0 Å². The molecule has 0 aliphatic heterocycles. The molecule has 15 heavy (non-hydrogen) atoms. The average Bonchev–Trinajstić information content (AvgIpc) is 2.29. The molecule has 0 heterocycles. The largest absolute Gasteiger partial charge is 0.502 e. The van der Waals surface area contributed by atoms with E-state index in [4.69, 9.17) is 18.6 Å². The zero-order valence-electron chi connectivity index (χ0n) is 9.11. The van der Waals surface area contributed by atoms with Crippen molar-refractivity contribution in [3.63, 3.8) is 0 Å². The summed E-state index contributed by atoms with van der Waals surface area (Å²) in [5, 5.41) is 0. The van der Waals surface area contributed by atoms with Gasteiger partial charge in [0, 0.05) is 7.11 Å². The van der Waals surface area contributed by atoms with Crippen LogP contribution in [0.4, 0.5) is 0 Å². The fraction of sp³-hybridized carbons (Fsp3) is 0.400. The molecule has 0 N–H and O–H groups in total. The summed E-state index contributed by atoms with van der Waals surface area (Å²) >= 11 is 0. The molecule has 0 atom stereocenters. The summed E-state index contributed by atoms with van der Waals surface area (Å²) in [5.41, 5.74) is 0. The molecule has 0 spiro atoms. The zero-order valence-corrected chi connectivity index (χ0v) is 10.1. The molecule has 0 aliphatic rings. The Morgan fingerprint density at radius 1 is 0.867 bits per heavy atom. The first kappa shape index (κ1) is 13.8. The highest BCUT2D eigenvalue weighted by molar-refractivity contribution is 6.73. The Kier molecular flexibility index (Phi) is 7.48. The lowest BCUT2D eigenvalue weighted by atomic mass is 11.1. The van der Waals surface area contributed by atoms with Crippen LogP contribution in [-0.2, 0) is 18.6 Å². The van der Waals surface area contributed by atoms with Crippen LogP contribution in [-0.4, -0.2) is 34.1 Å². The van der Waals surface area contributed by atoms with Crippen molar-refractivity contribution in [1.82, 2.24) is 0 Å². The average molecular weight is 230 g/mol. The van der Waals surface area contributed by atoms with Crippen LogP contribution < -0.4 is 0 Å². The second kappa shape index (κ2) is 8.13. The van der Waals surface area contributed by atoms with Gasteiger partial charge in [-0.05, 0) is 0 Å². The smallest absolute Gasteiger partial charge is 0.305 e. The Hall–Kier alpha value is -1.20. The van der Waals surface area contributed by atoms with Crippen molar-refractivity contribution in [2.45, 2.75) is 0 Å². The normalized spacial score (nSPS) is 10.2. The minimum Gasteiger partial charge on any atom is -0.502 e. The number of ether oxygens (including phenoxy) is 3. The molecule has 0 saturated heterocycles. The standard InChI is InChI=1S/C10H18O4Si/c1-5-12-8-15(11-4,9-13-6-2)10-14-7-3/h5-7H,1-3,8-10H2,4H3. The lowest BCUT2D eigenvalue weighted by Crippen LogP contribution is -2.52. The minimum absolute atomic E-state index is 0.425. The third-order valence-corrected chi connectivity index (χ3v) is 4.77. The van der Waals surface area contributed by atoms with Gasteiger partial charge in [-0.3, -0.25) is 0 Å². The maximum absolute atomic E-state index is 5.46. The molecule has 86 valence electrons. The highest BCUT2D eigenvalue weighted by Gasteiger charge is 2.37. The van der Waals surface area contributed by atoms with E-state index >= 15 is 0 Å². The van der Waals surface area contributed by atoms with Crippen LogP contribution in [0.3, 0.4) is 0 Å². The number of hydrogen-bond acceptors (Lipinski definition) is 4. The van der Waals surface area contributed by atoms with Gasteiger partial charge in [0.1, 0.15) is 18.7 Å². The first-order valence-electron chi connectivity index (χ1n) is 4.47. The second-order valence-electron chi connectivity index (χ2n) is 2.82. The van der Waals surface area contributed by atoms with Gasteiger partial charge in [0.05, 0.1) is 18.8 Å². The van der Waals surface area contributed by atoms with Crippen molar-refractivity contribution in [3.05, 3.63) is 38.5 Å². The Morgan fingerprint density at radius 2 is 1.20 bits per heavy atom. The van der Waals surface area contributed by atoms with Gasteiger partial charge in [0.25, 0.3) is 0 Å². The highest BCUT2D eigenvalue weighted by atomic mass is 28.4. The van der Waals surface area contributed by atoms with Crippen LogP contribution in [0.25, 0.3) is 0 Å². The minimum atomic E-state index is -2.21. The molecular formula is C10H18O4Si. The summed E-state index contributed by atoms with van der Waals surface area (Å²) in [5.74, 6) is 0. The summed E-state index contributed by atoms with van der Waals surface area (Å²) in [7, 11) is -0.590. The van der Waals surface area contributed by atoms with Gasteiger partial charge in [0.15, 0.2) is 0 Å². The Bertz CT molecular complexity index is 174. The van der Waals surface area contributed by atoms with E-state index in [1.54, 1.807) is 7.11 Å². The maximum atomic E-state index is 5.46. The molecule has 0 amide bonds. The van der Waals surface area contributed by atoms with E-state index < -0.39 is 8.32 Å². The van der Waals surface area contributed by atoms with Crippen LogP contribution in [0.2, 0.25) is 0 Å². The van der Waals surface area contributed by atoms with Crippen LogP contribution in [0.1, 0.15) is 0 Å². The van der Waals surface area contributed by atoms with Gasteiger partial charge in [-0.1, -0.05) is 19.7 Å². The molecule has 0 radical (unpaired) electrons. The Labute approximate surface area is 91.9 Å². The fourth-order valence-electron chi connectivity index (χ4n) is 0.934. The summed E-state index contributed by atoms with van der Waals surface area (Å²) in [6, 6.07) is 0. The Morgan fingerprint density at radius 3 is 1.40 bits per heavy atom. The van der Waals surface area contributed by atoms with E-state index in [1.807, 2.05) is 0 Å². The molecule has 0 aliphatic carbocycles. The Balaban J connectivity index is 4.34. The third-order valence-electron chi connectivity index (χ3n) is 1.83. The first-order valence-corrected chi connectivity index (χ1v) is 7.00. The lowest BCUT2D eigenvalue weighted by molar-refractivity contribution is 0.191. The van der Waals surface area contributed by atoms with Crippen molar-refractivity contribution in [2.75, 3.05) is 25.8 Å². The maximum Gasteiger partial charge on any atom is 0.305 e. The third kappa shape index (κ3) is 5.29. The lowest BCUT2D eigenvalue weighted by Gasteiger charge is -2.27. The topological polar surface area (TPSA) is 36.9 Å². The van der Waals surface area contributed by atoms with E-state index in [0.717, 1.165) is 0 Å². The number of hydrogen-bond donors (Lipinski definition) is 0. The molecule has 0 rings (SSSR count). The molecule has 0 saturated carbocycles. The van der Waals surface area contributed by atoms with Gasteiger partial charge < -0.3 is 18.6 Å². The fourth-order valence-corrected chi connectivity index (χ4v) is 2.80. The van der Waals surface area contributed by atoms with Gasteiger partial charge in [-0.25, -0.2) is 0 Å². The number of rotatable bonds is 10. The predicted octanol–water partition coefficient (Wildman–Crippen LogP) is 1.68. The molecule has 0 aromatic heterocycles. The SMILES string of the molecule is C=COC[Si](COC=C)(COC=C)OC. The van der Waals surface area contributed by atoms with E-state index in [9.17, 15) is 0 Å². The van der Waals surface area contributed by atoms with Crippen molar-refractivity contribution < 1.29 is 18.6 Å².